The van der Waals surface area contributed by atoms with Gasteiger partial charge in [-0.05, 0) is 19.3 Å². The average Bonchev–Trinajstić information content (AvgIpc) is 2.17. The molecule has 82 valence electrons. The van der Waals surface area contributed by atoms with Crippen molar-refractivity contribution >= 4 is 12.3 Å². The molecule has 0 aliphatic heterocycles. The fourth-order valence-electron chi connectivity index (χ4n) is 1.26. The highest BCUT2D eigenvalue weighted by molar-refractivity contribution is 5.73. The fraction of sp³-hybridized carbons (Fsp3) is 0.800. The number of aliphatic carboxylic acids is 1. The zero-order valence-electron chi connectivity index (χ0n) is 8.61. The second-order valence-electron chi connectivity index (χ2n) is 3.56. The van der Waals surface area contributed by atoms with Gasteiger partial charge >= 0.3 is 5.97 Å². The molecular weight excluding hydrogens is 182 g/mol. The van der Waals surface area contributed by atoms with E-state index in [4.69, 9.17) is 10.8 Å². The van der Waals surface area contributed by atoms with Crippen molar-refractivity contribution in [2.24, 2.45) is 11.7 Å². The lowest BCUT2D eigenvalue weighted by Gasteiger charge is -2.11. The molecule has 3 N–H and O–H groups in total. The number of aldehydes is 1. The smallest absolute Gasteiger partial charge is 0.320 e. The van der Waals surface area contributed by atoms with Gasteiger partial charge in [-0.2, -0.15) is 0 Å². The molecule has 0 saturated heterocycles. The van der Waals surface area contributed by atoms with Crippen molar-refractivity contribution in [1.29, 1.82) is 0 Å². The second-order valence-corrected chi connectivity index (χ2v) is 3.56. The number of unbranched alkanes of at least 4 members (excludes halogenated alkanes) is 1. The van der Waals surface area contributed by atoms with E-state index < -0.39 is 12.0 Å². The third-order valence-electron chi connectivity index (χ3n) is 2.29. The van der Waals surface area contributed by atoms with Crippen molar-refractivity contribution in [3.05, 3.63) is 0 Å². The normalized spacial score (nSPS) is 14.7. The van der Waals surface area contributed by atoms with E-state index in [1.807, 2.05) is 0 Å². The molecule has 0 amide bonds. The molecule has 0 fully saturated rings. The number of carboxylic acid groups (broad SMARTS) is 1. The molecule has 0 aromatic carbocycles. The van der Waals surface area contributed by atoms with Crippen LogP contribution in [-0.2, 0) is 9.59 Å². The van der Waals surface area contributed by atoms with E-state index in [0.717, 1.165) is 25.5 Å². The van der Waals surface area contributed by atoms with Crippen LogP contribution in [0.25, 0.3) is 0 Å². The van der Waals surface area contributed by atoms with Crippen LogP contribution in [-0.4, -0.2) is 23.4 Å². The van der Waals surface area contributed by atoms with Gasteiger partial charge in [-0.1, -0.05) is 19.8 Å². The summed E-state index contributed by atoms with van der Waals surface area (Å²) in [6.07, 6.45) is 4.76. The van der Waals surface area contributed by atoms with Crippen LogP contribution in [0.3, 0.4) is 0 Å². The first-order chi connectivity index (χ1) is 6.61. The van der Waals surface area contributed by atoms with Crippen LogP contribution >= 0.6 is 0 Å². The van der Waals surface area contributed by atoms with Gasteiger partial charge in [0.2, 0.25) is 0 Å². The van der Waals surface area contributed by atoms with E-state index in [-0.39, 0.29) is 5.92 Å². The molecule has 0 aromatic heterocycles. The molecule has 14 heavy (non-hydrogen) atoms. The van der Waals surface area contributed by atoms with Gasteiger partial charge < -0.3 is 15.6 Å². The monoisotopic (exact) mass is 201 g/mol. The van der Waals surface area contributed by atoms with Gasteiger partial charge in [-0.3, -0.25) is 4.79 Å². The zero-order chi connectivity index (χ0) is 11.0. The SMILES string of the molecule is CCCCC(C=O)CCC(N)C(=O)O. The number of nitrogens with two attached hydrogens (primary N) is 1. The molecule has 2 atom stereocenters. The van der Waals surface area contributed by atoms with Gasteiger partial charge in [-0.25, -0.2) is 0 Å². The summed E-state index contributed by atoms with van der Waals surface area (Å²) in [4.78, 5) is 21.0. The van der Waals surface area contributed by atoms with Gasteiger partial charge in [0.25, 0.3) is 0 Å². The molecule has 0 aromatic rings. The van der Waals surface area contributed by atoms with Crippen molar-refractivity contribution in [2.75, 3.05) is 0 Å². The highest BCUT2D eigenvalue weighted by atomic mass is 16.4. The van der Waals surface area contributed by atoms with Crippen molar-refractivity contribution in [3.63, 3.8) is 0 Å². The van der Waals surface area contributed by atoms with Gasteiger partial charge in [-0.15, -0.1) is 0 Å². The Hall–Kier alpha value is -0.900. The molecule has 0 heterocycles. The van der Waals surface area contributed by atoms with Crippen molar-refractivity contribution in [2.45, 2.75) is 45.1 Å². The van der Waals surface area contributed by atoms with E-state index in [0.29, 0.717) is 12.8 Å². The van der Waals surface area contributed by atoms with E-state index in [1.165, 1.54) is 0 Å². The quantitative estimate of drug-likeness (QED) is 0.578. The van der Waals surface area contributed by atoms with Crippen LogP contribution in [0, 0.1) is 5.92 Å². The first-order valence-electron chi connectivity index (χ1n) is 5.05. The molecule has 0 radical (unpaired) electrons. The Morgan fingerprint density at radius 2 is 2.07 bits per heavy atom. The summed E-state index contributed by atoms with van der Waals surface area (Å²) in [7, 11) is 0. The van der Waals surface area contributed by atoms with E-state index in [1.54, 1.807) is 0 Å². The topological polar surface area (TPSA) is 80.4 Å². The predicted molar refractivity (Wildman–Crippen MR) is 53.9 cm³/mol. The third-order valence-corrected chi connectivity index (χ3v) is 2.29. The minimum absolute atomic E-state index is 0.0275. The minimum atomic E-state index is -0.995. The van der Waals surface area contributed by atoms with E-state index >= 15 is 0 Å². The maximum absolute atomic E-state index is 10.6. The number of rotatable bonds is 8. The predicted octanol–water partition coefficient (Wildman–Crippen LogP) is 1.18. The number of hydrogen-bond donors (Lipinski definition) is 2. The lowest BCUT2D eigenvalue weighted by atomic mass is 9.96. The summed E-state index contributed by atoms with van der Waals surface area (Å²) in [5, 5.41) is 8.53. The molecular formula is C10H19NO3. The van der Waals surface area contributed by atoms with Crippen LogP contribution in [0.5, 0.6) is 0 Å². The van der Waals surface area contributed by atoms with Crippen LogP contribution in [0.4, 0.5) is 0 Å². The summed E-state index contributed by atoms with van der Waals surface area (Å²) in [5.74, 6) is -1.02. The Morgan fingerprint density at radius 1 is 1.43 bits per heavy atom. The van der Waals surface area contributed by atoms with Gasteiger partial charge in [0, 0.05) is 5.92 Å². The number of carboxylic acids is 1. The fourth-order valence-corrected chi connectivity index (χ4v) is 1.26. The third kappa shape index (κ3) is 5.70. The highest BCUT2D eigenvalue weighted by Gasteiger charge is 2.14. The summed E-state index contributed by atoms with van der Waals surface area (Å²) >= 11 is 0. The Labute approximate surface area is 84.5 Å². The molecule has 0 spiro atoms. The second kappa shape index (κ2) is 7.50. The van der Waals surface area contributed by atoms with Crippen LogP contribution < -0.4 is 5.73 Å². The molecule has 2 unspecified atom stereocenters. The first kappa shape index (κ1) is 13.1. The Morgan fingerprint density at radius 3 is 2.50 bits per heavy atom. The summed E-state index contributed by atoms with van der Waals surface area (Å²) in [6.45, 7) is 2.06. The average molecular weight is 201 g/mol. The molecule has 4 nitrogen and oxygen atoms in total. The highest BCUT2D eigenvalue weighted by Crippen LogP contribution is 2.13. The lowest BCUT2D eigenvalue weighted by Crippen LogP contribution is -2.30. The van der Waals surface area contributed by atoms with Crippen LogP contribution in [0.1, 0.15) is 39.0 Å². The van der Waals surface area contributed by atoms with Gasteiger partial charge in [0.05, 0.1) is 0 Å². The van der Waals surface area contributed by atoms with Crippen LogP contribution in [0.15, 0.2) is 0 Å². The van der Waals surface area contributed by atoms with Crippen molar-refractivity contribution in [3.8, 4) is 0 Å². The molecule has 0 aliphatic rings. The van der Waals surface area contributed by atoms with Gasteiger partial charge in [0.15, 0.2) is 0 Å². The number of carbonyl (C=O) groups excluding carboxylic acids is 1. The van der Waals surface area contributed by atoms with E-state index in [9.17, 15) is 9.59 Å². The lowest BCUT2D eigenvalue weighted by molar-refractivity contribution is -0.138. The molecule has 4 heteroatoms. The summed E-state index contributed by atoms with van der Waals surface area (Å²) < 4.78 is 0. The largest absolute Gasteiger partial charge is 0.480 e. The van der Waals surface area contributed by atoms with Crippen molar-refractivity contribution in [1.82, 2.24) is 0 Å². The number of carbonyl (C=O) groups is 2. The summed E-state index contributed by atoms with van der Waals surface area (Å²) in [6, 6.07) is -0.834. The van der Waals surface area contributed by atoms with Crippen LogP contribution in [0.2, 0.25) is 0 Å². The Balaban J connectivity index is 3.71. The first-order valence-corrected chi connectivity index (χ1v) is 5.05. The minimum Gasteiger partial charge on any atom is -0.480 e. The Kier molecular flexibility index (Phi) is 7.02. The Bertz CT molecular complexity index is 182. The molecule has 0 aliphatic carbocycles. The summed E-state index contributed by atoms with van der Waals surface area (Å²) in [5.41, 5.74) is 5.33. The van der Waals surface area contributed by atoms with Crippen molar-refractivity contribution < 1.29 is 14.7 Å². The molecule has 0 bridgehead atoms. The number of hydrogen-bond acceptors (Lipinski definition) is 3. The maximum atomic E-state index is 10.6. The standard InChI is InChI=1S/C10H19NO3/c1-2-3-4-8(7-12)5-6-9(11)10(13)14/h7-9H,2-6,11H2,1H3,(H,13,14). The van der Waals surface area contributed by atoms with E-state index in [2.05, 4.69) is 6.92 Å². The molecule has 0 saturated carbocycles. The maximum Gasteiger partial charge on any atom is 0.320 e. The van der Waals surface area contributed by atoms with Gasteiger partial charge in [0.1, 0.15) is 12.3 Å². The molecule has 0 rings (SSSR count). The zero-order valence-corrected chi connectivity index (χ0v) is 8.61.